The molecule has 0 aliphatic heterocycles. The van der Waals surface area contributed by atoms with E-state index in [-0.39, 0.29) is 18.4 Å². The number of hydrogen-bond acceptors (Lipinski definition) is 3. The number of rotatable bonds is 6. The third-order valence-electron chi connectivity index (χ3n) is 3.61. The molecule has 7 heteroatoms. The molecule has 1 aromatic carbocycles. The van der Waals surface area contributed by atoms with Crippen LogP contribution in [0.15, 0.2) is 28.7 Å². The molecule has 0 aromatic heterocycles. The van der Waals surface area contributed by atoms with Gasteiger partial charge in [0.25, 0.3) is 0 Å². The van der Waals surface area contributed by atoms with Gasteiger partial charge in [-0.25, -0.2) is 8.42 Å². The lowest BCUT2D eigenvalue weighted by Gasteiger charge is -2.26. The van der Waals surface area contributed by atoms with Crippen molar-refractivity contribution in [1.82, 2.24) is 5.32 Å². The summed E-state index contributed by atoms with van der Waals surface area (Å²) in [7, 11) is -3.37. The molecule has 1 saturated carbocycles. The maximum Gasteiger partial charge on any atom is 0.232 e. The Hall–Kier alpha value is -1.08. The number of halogens is 1. The summed E-state index contributed by atoms with van der Waals surface area (Å²) >= 11 is 3.32. The molecule has 0 heterocycles. The molecular formula is C14H19BrN2O3S. The number of hydrogen-bond donors (Lipinski definition) is 1. The van der Waals surface area contributed by atoms with Gasteiger partial charge >= 0.3 is 0 Å². The molecule has 0 unspecified atom stereocenters. The van der Waals surface area contributed by atoms with Crippen LogP contribution in [0.3, 0.4) is 0 Å². The summed E-state index contributed by atoms with van der Waals surface area (Å²) in [5, 5.41) is 2.81. The average Bonchev–Trinajstić information content (AvgIpc) is 2.32. The Bertz CT molecular complexity index is 597. The predicted octanol–water partition coefficient (Wildman–Crippen LogP) is 2.13. The van der Waals surface area contributed by atoms with Crippen LogP contribution in [0.4, 0.5) is 5.69 Å². The normalized spacial score (nSPS) is 15.3. The van der Waals surface area contributed by atoms with Crippen molar-refractivity contribution in [3.8, 4) is 0 Å². The highest BCUT2D eigenvalue weighted by Gasteiger charge is 2.25. The van der Waals surface area contributed by atoms with E-state index in [1.165, 1.54) is 10.6 Å². The lowest BCUT2D eigenvalue weighted by Crippen LogP contribution is -2.41. The van der Waals surface area contributed by atoms with Crippen molar-refractivity contribution >= 4 is 37.5 Å². The molecule has 1 N–H and O–H groups in total. The van der Waals surface area contributed by atoms with Gasteiger partial charge in [-0.2, -0.15) is 0 Å². The van der Waals surface area contributed by atoms with E-state index in [0.717, 1.165) is 23.7 Å². The van der Waals surface area contributed by atoms with E-state index >= 15 is 0 Å². The van der Waals surface area contributed by atoms with Crippen molar-refractivity contribution in [2.75, 3.05) is 23.7 Å². The number of amides is 1. The van der Waals surface area contributed by atoms with E-state index in [9.17, 15) is 13.2 Å². The van der Waals surface area contributed by atoms with E-state index in [1.54, 1.807) is 24.3 Å². The fourth-order valence-corrected chi connectivity index (χ4v) is 3.38. The zero-order valence-corrected chi connectivity index (χ0v) is 14.3. The molecule has 1 fully saturated rings. The van der Waals surface area contributed by atoms with Crippen LogP contribution < -0.4 is 9.62 Å². The molecule has 1 aliphatic carbocycles. The summed E-state index contributed by atoms with van der Waals surface area (Å²) in [5.41, 5.74) is 0.596. The molecular weight excluding hydrogens is 356 g/mol. The second-order valence-electron chi connectivity index (χ2n) is 5.23. The Balaban J connectivity index is 1.97. The fourth-order valence-electron chi connectivity index (χ4n) is 2.19. The number of nitrogens with zero attached hydrogens (tertiary/aromatic N) is 1. The largest absolute Gasteiger partial charge is 0.354 e. The summed E-state index contributed by atoms with van der Waals surface area (Å²) in [6, 6.07) is 7.05. The Morgan fingerprint density at radius 2 is 1.95 bits per heavy atom. The van der Waals surface area contributed by atoms with Crippen molar-refractivity contribution in [3.05, 3.63) is 28.7 Å². The lowest BCUT2D eigenvalue weighted by atomic mass is 9.85. The van der Waals surface area contributed by atoms with Crippen LogP contribution in [-0.2, 0) is 14.8 Å². The number of anilines is 1. The molecule has 2 rings (SSSR count). The van der Waals surface area contributed by atoms with Gasteiger partial charge in [0, 0.05) is 16.9 Å². The third-order valence-corrected chi connectivity index (χ3v) is 5.33. The summed E-state index contributed by atoms with van der Waals surface area (Å²) < 4.78 is 26.0. The number of carbonyl (C=O) groups is 1. The molecule has 0 spiro atoms. The highest BCUT2D eigenvalue weighted by molar-refractivity contribution is 9.10. The second-order valence-corrected chi connectivity index (χ2v) is 8.05. The van der Waals surface area contributed by atoms with Crippen molar-refractivity contribution in [2.24, 2.45) is 5.92 Å². The Morgan fingerprint density at radius 3 is 2.43 bits per heavy atom. The average molecular weight is 375 g/mol. The summed E-state index contributed by atoms with van der Waals surface area (Å²) in [6.07, 6.45) is 4.15. The van der Waals surface area contributed by atoms with Gasteiger partial charge in [-0.15, -0.1) is 0 Å². The summed E-state index contributed by atoms with van der Waals surface area (Å²) in [5.74, 6) is 0.148. The van der Waals surface area contributed by atoms with Crippen LogP contribution in [0.5, 0.6) is 0 Å². The van der Waals surface area contributed by atoms with E-state index < -0.39 is 10.0 Å². The minimum absolute atomic E-state index is 0.0329. The van der Waals surface area contributed by atoms with Gasteiger partial charge in [-0.05, 0) is 37.1 Å². The van der Waals surface area contributed by atoms with Gasteiger partial charge in [-0.3, -0.25) is 9.10 Å². The minimum atomic E-state index is -3.37. The number of carbonyl (C=O) groups excluding carboxylic acids is 1. The SMILES string of the molecule is CS(=O)(=O)N(CCNC(=O)C1CCC1)c1ccc(Br)cc1. The monoisotopic (exact) mass is 374 g/mol. The van der Waals surface area contributed by atoms with Crippen molar-refractivity contribution < 1.29 is 13.2 Å². The molecule has 0 atom stereocenters. The van der Waals surface area contributed by atoms with E-state index in [0.29, 0.717) is 12.2 Å². The molecule has 0 saturated heterocycles. The molecule has 116 valence electrons. The van der Waals surface area contributed by atoms with Gasteiger partial charge in [0.05, 0.1) is 18.5 Å². The number of benzene rings is 1. The number of sulfonamides is 1. The van der Waals surface area contributed by atoms with Crippen LogP contribution >= 0.6 is 15.9 Å². The molecule has 0 bridgehead atoms. The molecule has 21 heavy (non-hydrogen) atoms. The Kier molecular flexibility index (Phi) is 5.27. The maximum atomic E-state index is 11.9. The van der Waals surface area contributed by atoms with Gasteiger partial charge in [0.1, 0.15) is 0 Å². The first-order chi connectivity index (χ1) is 9.88. The van der Waals surface area contributed by atoms with Crippen LogP contribution in [0.2, 0.25) is 0 Å². The van der Waals surface area contributed by atoms with Crippen LogP contribution in [-0.4, -0.2) is 33.7 Å². The van der Waals surface area contributed by atoms with Crippen molar-refractivity contribution in [1.29, 1.82) is 0 Å². The zero-order chi connectivity index (χ0) is 15.5. The third kappa shape index (κ3) is 4.44. The quantitative estimate of drug-likeness (QED) is 0.829. The van der Waals surface area contributed by atoms with Crippen LogP contribution in [0, 0.1) is 5.92 Å². The van der Waals surface area contributed by atoms with Crippen LogP contribution in [0.1, 0.15) is 19.3 Å². The molecule has 1 amide bonds. The molecule has 5 nitrogen and oxygen atoms in total. The van der Waals surface area contributed by atoms with E-state index in [2.05, 4.69) is 21.2 Å². The zero-order valence-electron chi connectivity index (χ0n) is 11.9. The van der Waals surface area contributed by atoms with Gasteiger partial charge in [-0.1, -0.05) is 22.4 Å². The first kappa shape index (κ1) is 16.3. The van der Waals surface area contributed by atoms with Gasteiger partial charge < -0.3 is 5.32 Å². The summed E-state index contributed by atoms with van der Waals surface area (Å²) in [6.45, 7) is 0.553. The van der Waals surface area contributed by atoms with Crippen molar-refractivity contribution in [3.63, 3.8) is 0 Å². The standard InChI is InChI=1S/C14H19BrN2O3S/c1-21(19,20)17(13-7-5-12(15)6-8-13)10-9-16-14(18)11-3-2-4-11/h5-8,11H,2-4,9-10H2,1H3,(H,16,18). The van der Waals surface area contributed by atoms with E-state index in [1.807, 2.05) is 0 Å². The second kappa shape index (κ2) is 6.79. The molecule has 0 radical (unpaired) electrons. The maximum absolute atomic E-state index is 11.9. The van der Waals surface area contributed by atoms with Gasteiger partial charge in [0.2, 0.25) is 15.9 Å². The first-order valence-electron chi connectivity index (χ1n) is 6.89. The van der Waals surface area contributed by atoms with Crippen molar-refractivity contribution in [2.45, 2.75) is 19.3 Å². The smallest absolute Gasteiger partial charge is 0.232 e. The van der Waals surface area contributed by atoms with Crippen LogP contribution in [0.25, 0.3) is 0 Å². The highest BCUT2D eigenvalue weighted by atomic mass is 79.9. The molecule has 1 aromatic rings. The minimum Gasteiger partial charge on any atom is -0.354 e. The molecule has 1 aliphatic rings. The van der Waals surface area contributed by atoms with Gasteiger partial charge in [0.15, 0.2) is 0 Å². The van der Waals surface area contributed by atoms with E-state index in [4.69, 9.17) is 0 Å². The number of nitrogens with one attached hydrogen (secondary N) is 1. The topological polar surface area (TPSA) is 66.5 Å². The summed E-state index contributed by atoms with van der Waals surface area (Å²) in [4.78, 5) is 11.8. The fraction of sp³-hybridized carbons (Fsp3) is 0.500. The predicted molar refractivity (Wildman–Crippen MR) is 86.7 cm³/mol. The highest BCUT2D eigenvalue weighted by Crippen LogP contribution is 2.26. The Morgan fingerprint density at radius 1 is 1.33 bits per heavy atom. The first-order valence-corrected chi connectivity index (χ1v) is 9.53. The Labute approximate surface area is 133 Å². The lowest BCUT2D eigenvalue weighted by molar-refractivity contribution is -0.127.